The molecule has 0 aliphatic carbocycles. The van der Waals surface area contributed by atoms with Gasteiger partial charge in [-0.05, 0) is 44.9 Å². The molecule has 36 heavy (non-hydrogen) atoms. The van der Waals surface area contributed by atoms with Crippen molar-refractivity contribution in [2.45, 2.75) is 45.8 Å². The summed E-state index contributed by atoms with van der Waals surface area (Å²) in [6.45, 7) is 5.17. The quantitative estimate of drug-likeness (QED) is 0.411. The van der Waals surface area contributed by atoms with Gasteiger partial charge in [0.2, 0.25) is 5.95 Å². The monoisotopic (exact) mass is 488 g/mol. The molecule has 1 aliphatic heterocycles. The molecule has 0 radical (unpaired) electrons. The summed E-state index contributed by atoms with van der Waals surface area (Å²) < 4.78 is 9.53. The number of aryl methyl sites for hydroxylation is 1. The molecule has 0 unspecified atom stereocenters. The summed E-state index contributed by atoms with van der Waals surface area (Å²) in [6, 6.07) is 6.90. The van der Waals surface area contributed by atoms with Crippen LogP contribution in [0, 0.1) is 18.8 Å². The lowest BCUT2D eigenvalue weighted by Crippen LogP contribution is -2.44. The number of anilines is 1. The molecule has 1 atom stereocenters. The van der Waals surface area contributed by atoms with Gasteiger partial charge in [0.1, 0.15) is 18.1 Å². The first-order valence-corrected chi connectivity index (χ1v) is 11.8. The number of ether oxygens (including phenoxy) is 1. The summed E-state index contributed by atoms with van der Waals surface area (Å²) in [6.07, 6.45) is 1.87. The van der Waals surface area contributed by atoms with Gasteiger partial charge in [-0.15, -0.1) is 5.92 Å². The standard InChI is InChI=1S/C25H28N8O3/c1-4-5-11-32-24(30-10-6-7-17(26)14-30)29-22-13-23(34)31(25(35)33(22)32)15-21-27-16(2)19-12-18(36-3)8-9-20(19)28-21/h8-9,12-13,17H,6-7,10-11,14-15,26H2,1-3H3/t17-/m1/s1. The first-order valence-electron chi connectivity index (χ1n) is 11.8. The number of hydrogen-bond acceptors (Lipinski definition) is 8. The van der Waals surface area contributed by atoms with Gasteiger partial charge in [-0.25, -0.2) is 19.4 Å². The predicted octanol–water partition coefficient (Wildman–Crippen LogP) is 0.917. The van der Waals surface area contributed by atoms with E-state index < -0.39 is 11.2 Å². The lowest BCUT2D eigenvalue weighted by molar-refractivity contribution is 0.415. The van der Waals surface area contributed by atoms with Crippen molar-refractivity contribution in [1.29, 1.82) is 0 Å². The van der Waals surface area contributed by atoms with Crippen LogP contribution in [0.3, 0.4) is 0 Å². The van der Waals surface area contributed by atoms with Gasteiger partial charge in [-0.1, -0.05) is 5.92 Å². The van der Waals surface area contributed by atoms with Crippen molar-refractivity contribution in [1.82, 2.24) is 28.7 Å². The van der Waals surface area contributed by atoms with Crippen LogP contribution in [0.4, 0.5) is 5.95 Å². The molecule has 186 valence electrons. The number of nitrogens with zero attached hydrogens (tertiary/aromatic N) is 7. The van der Waals surface area contributed by atoms with Gasteiger partial charge in [-0.3, -0.25) is 9.36 Å². The van der Waals surface area contributed by atoms with Crippen LogP contribution in [-0.2, 0) is 13.1 Å². The summed E-state index contributed by atoms with van der Waals surface area (Å²) in [7, 11) is 1.60. The molecule has 5 rings (SSSR count). The molecule has 1 aromatic carbocycles. The summed E-state index contributed by atoms with van der Waals surface area (Å²) in [4.78, 5) is 42.5. The molecule has 0 amide bonds. The number of aromatic nitrogens is 6. The zero-order chi connectivity index (χ0) is 25.4. The Morgan fingerprint density at radius 2 is 2.03 bits per heavy atom. The van der Waals surface area contributed by atoms with Gasteiger partial charge < -0.3 is 15.4 Å². The zero-order valence-corrected chi connectivity index (χ0v) is 20.6. The van der Waals surface area contributed by atoms with Gasteiger partial charge in [0, 0.05) is 36.3 Å². The average Bonchev–Trinajstić information content (AvgIpc) is 3.23. The van der Waals surface area contributed by atoms with E-state index in [1.165, 1.54) is 10.6 Å². The highest BCUT2D eigenvalue weighted by atomic mass is 16.5. The van der Waals surface area contributed by atoms with Crippen LogP contribution in [-0.4, -0.2) is 55.0 Å². The van der Waals surface area contributed by atoms with Gasteiger partial charge in [0.25, 0.3) is 5.56 Å². The first-order chi connectivity index (χ1) is 17.4. The molecule has 1 fully saturated rings. The second-order valence-electron chi connectivity index (χ2n) is 8.87. The van der Waals surface area contributed by atoms with Crippen molar-refractivity contribution < 1.29 is 4.74 Å². The molecule has 0 bridgehead atoms. The third-order valence-electron chi connectivity index (χ3n) is 6.42. The molecule has 1 aliphatic rings. The molecule has 4 aromatic rings. The lowest BCUT2D eigenvalue weighted by Gasteiger charge is -2.31. The molecule has 4 heterocycles. The molecule has 3 aromatic heterocycles. The first kappa shape index (κ1) is 23.6. The van der Waals surface area contributed by atoms with Crippen molar-refractivity contribution in [3.05, 3.63) is 56.6 Å². The molecule has 0 spiro atoms. The Labute approximate surface area is 207 Å². The van der Waals surface area contributed by atoms with E-state index in [2.05, 4.69) is 31.7 Å². The number of hydrogen-bond donors (Lipinski definition) is 1. The van der Waals surface area contributed by atoms with Crippen LogP contribution in [0.5, 0.6) is 5.75 Å². The topological polar surface area (TPSA) is 126 Å². The molecule has 11 nitrogen and oxygen atoms in total. The summed E-state index contributed by atoms with van der Waals surface area (Å²) in [5.41, 5.74) is 6.91. The van der Waals surface area contributed by atoms with E-state index in [1.54, 1.807) is 18.7 Å². The highest BCUT2D eigenvalue weighted by molar-refractivity contribution is 5.82. The molecule has 11 heteroatoms. The smallest absolute Gasteiger partial charge is 0.352 e. The Kier molecular flexibility index (Phi) is 6.20. The molecular weight excluding hydrogens is 460 g/mol. The summed E-state index contributed by atoms with van der Waals surface area (Å²) >= 11 is 0. The Bertz CT molecular complexity index is 1640. The van der Waals surface area contributed by atoms with Gasteiger partial charge in [0.15, 0.2) is 5.65 Å². The van der Waals surface area contributed by atoms with E-state index in [0.717, 1.165) is 35.0 Å². The Morgan fingerprint density at radius 3 is 2.78 bits per heavy atom. The van der Waals surface area contributed by atoms with E-state index in [9.17, 15) is 9.59 Å². The van der Waals surface area contributed by atoms with E-state index in [1.807, 2.05) is 25.1 Å². The van der Waals surface area contributed by atoms with Gasteiger partial charge in [0.05, 0.1) is 19.2 Å². The van der Waals surface area contributed by atoms with Crippen molar-refractivity contribution in [2.75, 3.05) is 25.1 Å². The highest BCUT2D eigenvalue weighted by Gasteiger charge is 2.24. The number of piperidine rings is 1. The third kappa shape index (κ3) is 4.20. The van der Waals surface area contributed by atoms with Crippen molar-refractivity contribution in [2.24, 2.45) is 5.73 Å². The maximum Gasteiger partial charge on any atom is 0.352 e. The van der Waals surface area contributed by atoms with E-state index in [0.29, 0.717) is 29.6 Å². The van der Waals surface area contributed by atoms with Crippen molar-refractivity contribution in [3.8, 4) is 17.6 Å². The van der Waals surface area contributed by atoms with Crippen LogP contribution in [0.25, 0.3) is 16.6 Å². The van der Waals surface area contributed by atoms with Crippen LogP contribution >= 0.6 is 0 Å². The Balaban J connectivity index is 1.62. The lowest BCUT2D eigenvalue weighted by atomic mass is 10.1. The average molecular weight is 489 g/mol. The molecule has 0 saturated carbocycles. The van der Waals surface area contributed by atoms with Crippen LogP contribution in [0.15, 0.2) is 33.9 Å². The fourth-order valence-electron chi connectivity index (χ4n) is 4.64. The highest BCUT2D eigenvalue weighted by Crippen LogP contribution is 2.22. The number of rotatable bonds is 5. The van der Waals surface area contributed by atoms with E-state index in [4.69, 9.17) is 10.5 Å². The summed E-state index contributed by atoms with van der Waals surface area (Å²) in [5, 5.41) is 0.846. The third-order valence-corrected chi connectivity index (χ3v) is 6.42. The van der Waals surface area contributed by atoms with Gasteiger partial charge in [-0.2, -0.15) is 9.50 Å². The van der Waals surface area contributed by atoms with Crippen molar-refractivity contribution >= 4 is 22.5 Å². The second-order valence-corrected chi connectivity index (χ2v) is 8.87. The number of methoxy groups -OCH3 is 1. The minimum absolute atomic E-state index is 0.0225. The van der Waals surface area contributed by atoms with Gasteiger partial charge >= 0.3 is 5.69 Å². The van der Waals surface area contributed by atoms with Crippen molar-refractivity contribution in [3.63, 3.8) is 0 Å². The maximum absolute atomic E-state index is 13.6. The van der Waals surface area contributed by atoms with Crippen LogP contribution < -0.4 is 26.6 Å². The normalized spacial score (nSPS) is 15.8. The minimum Gasteiger partial charge on any atom is -0.497 e. The predicted molar refractivity (Wildman–Crippen MR) is 137 cm³/mol. The fourth-order valence-corrected chi connectivity index (χ4v) is 4.64. The Hall–Kier alpha value is -4.17. The SMILES string of the molecule is CC#CCn1c(N2CCC[C@@H](N)C2)nc2cc(=O)n(Cc3nc(C)c4cc(OC)ccc4n3)c(=O)n21. The number of fused-ring (bicyclic) bond motifs is 2. The zero-order valence-electron chi connectivity index (χ0n) is 20.6. The van der Waals surface area contributed by atoms with Crippen LogP contribution in [0.1, 0.15) is 31.3 Å². The second kappa shape index (κ2) is 9.47. The van der Waals surface area contributed by atoms with E-state index >= 15 is 0 Å². The molecule has 1 saturated heterocycles. The largest absolute Gasteiger partial charge is 0.497 e. The molecular formula is C25H28N8O3. The number of nitrogens with two attached hydrogens (primary N) is 1. The van der Waals surface area contributed by atoms with E-state index in [-0.39, 0.29) is 24.8 Å². The summed E-state index contributed by atoms with van der Waals surface area (Å²) in [5.74, 6) is 7.53. The molecule has 2 N–H and O–H groups in total. The minimum atomic E-state index is -0.522. The number of benzene rings is 1. The Morgan fingerprint density at radius 1 is 1.19 bits per heavy atom. The maximum atomic E-state index is 13.6. The van der Waals surface area contributed by atoms with Crippen LogP contribution in [0.2, 0.25) is 0 Å². The fraction of sp³-hybridized carbons (Fsp3) is 0.400.